The van der Waals surface area contributed by atoms with Crippen molar-refractivity contribution in [2.45, 2.75) is 50.7 Å². The number of fused-ring (bicyclic) bond motifs is 1. The third-order valence-corrected chi connectivity index (χ3v) is 6.13. The lowest BCUT2D eigenvalue weighted by molar-refractivity contribution is 0.00394. The molecule has 1 aliphatic carbocycles. The molecule has 2 unspecified atom stereocenters. The van der Waals surface area contributed by atoms with Crippen molar-refractivity contribution in [3.05, 3.63) is 59.5 Å². The Morgan fingerprint density at radius 3 is 2.78 bits per heavy atom. The van der Waals surface area contributed by atoms with Crippen LogP contribution in [0.25, 0.3) is 22.5 Å². The first-order chi connectivity index (χ1) is 15.5. The standard InChI is InChI=1S/C23H21F2N5O2/c1-12-27-21-20(17-5-2-15(24)9-18(17)25)28-22(29-23(21)32-12)13-6-7-31-19(8-13)14-10-26-30(11-14)16-3-4-16/h2,5,9-11,13,16,19H,3-4,6-8H2,1H3. The number of hydrogen-bond donors (Lipinski definition) is 0. The summed E-state index contributed by atoms with van der Waals surface area (Å²) in [6.45, 7) is 2.26. The SMILES string of the molecule is Cc1nc2c(-c3ccc(F)cc3F)nc(C3CCOC(c4cnn(C5CC5)c4)C3)nc2o1. The van der Waals surface area contributed by atoms with E-state index in [2.05, 4.69) is 21.3 Å². The Balaban J connectivity index is 1.37. The van der Waals surface area contributed by atoms with Crippen molar-refractivity contribution in [1.29, 1.82) is 0 Å². The zero-order valence-corrected chi connectivity index (χ0v) is 17.5. The number of aryl methyl sites for hydroxylation is 1. The van der Waals surface area contributed by atoms with Gasteiger partial charge in [0.2, 0.25) is 0 Å². The van der Waals surface area contributed by atoms with Gasteiger partial charge in [-0.15, -0.1) is 0 Å². The van der Waals surface area contributed by atoms with Crippen molar-refractivity contribution in [3.63, 3.8) is 0 Å². The van der Waals surface area contributed by atoms with Crippen LogP contribution in [-0.4, -0.2) is 31.3 Å². The highest BCUT2D eigenvalue weighted by molar-refractivity contribution is 5.86. The predicted molar refractivity (Wildman–Crippen MR) is 111 cm³/mol. The lowest BCUT2D eigenvalue weighted by atomic mass is 9.92. The van der Waals surface area contributed by atoms with Gasteiger partial charge in [0, 0.05) is 42.8 Å². The van der Waals surface area contributed by atoms with Crippen molar-refractivity contribution in [2.75, 3.05) is 6.61 Å². The first-order valence-corrected chi connectivity index (χ1v) is 10.8. The number of nitrogens with zero attached hydrogens (tertiary/aromatic N) is 5. The van der Waals surface area contributed by atoms with Gasteiger partial charge in [0.25, 0.3) is 5.71 Å². The van der Waals surface area contributed by atoms with E-state index in [-0.39, 0.29) is 17.6 Å². The average molecular weight is 437 g/mol. The zero-order valence-electron chi connectivity index (χ0n) is 17.5. The minimum atomic E-state index is -0.700. The van der Waals surface area contributed by atoms with Crippen LogP contribution in [0.15, 0.2) is 35.0 Å². The molecule has 2 aliphatic rings. The molecular formula is C23H21F2N5O2. The maximum Gasteiger partial charge on any atom is 0.250 e. The van der Waals surface area contributed by atoms with Crippen LogP contribution in [0, 0.1) is 18.6 Å². The van der Waals surface area contributed by atoms with E-state index in [1.54, 1.807) is 6.92 Å². The monoisotopic (exact) mass is 437 g/mol. The molecule has 0 N–H and O–H groups in total. The summed E-state index contributed by atoms with van der Waals surface area (Å²) in [4.78, 5) is 13.6. The molecule has 164 valence electrons. The summed E-state index contributed by atoms with van der Waals surface area (Å²) in [5, 5.41) is 4.48. The topological polar surface area (TPSA) is 78.9 Å². The summed E-state index contributed by atoms with van der Waals surface area (Å²) >= 11 is 0. The Kier molecular flexibility index (Phi) is 4.53. The molecule has 2 atom stereocenters. The molecule has 3 aromatic heterocycles. The summed E-state index contributed by atoms with van der Waals surface area (Å²) in [7, 11) is 0. The average Bonchev–Trinajstić information content (AvgIpc) is 3.38. The molecule has 0 spiro atoms. The van der Waals surface area contributed by atoms with Crippen LogP contribution < -0.4 is 0 Å². The summed E-state index contributed by atoms with van der Waals surface area (Å²) in [6, 6.07) is 3.94. The van der Waals surface area contributed by atoms with Crippen LogP contribution in [0.2, 0.25) is 0 Å². The molecular weight excluding hydrogens is 416 g/mol. The van der Waals surface area contributed by atoms with Crippen LogP contribution in [0.3, 0.4) is 0 Å². The lowest BCUT2D eigenvalue weighted by Gasteiger charge is -2.28. The number of ether oxygens (including phenoxy) is 1. The van der Waals surface area contributed by atoms with Crippen molar-refractivity contribution in [2.24, 2.45) is 0 Å². The molecule has 0 radical (unpaired) electrons. The Bertz CT molecular complexity index is 1310. The highest BCUT2D eigenvalue weighted by atomic mass is 19.1. The second-order valence-corrected chi connectivity index (χ2v) is 8.51. The molecule has 32 heavy (non-hydrogen) atoms. The fraction of sp³-hybridized carbons (Fsp3) is 0.391. The van der Waals surface area contributed by atoms with E-state index in [9.17, 15) is 8.78 Å². The number of hydrogen-bond acceptors (Lipinski definition) is 6. The second kappa shape index (κ2) is 7.44. The van der Waals surface area contributed by atoms with E-state index >= 15 is 0 Å². The molecule has 1 saturated heterocycles. The Morgan fingerprint density at radius 1 is 1.09 bits per heavy atom. The van der Waals surface area contributed by atoms with Crippen molar-refractivity contribution < 1.29 is 17.9 Å². The maximum atomic E-state index is 14.6. The lowest BCUT2D eigenvalue weighted by Crippen LogP contribution is -2.20. The fourth-order valence-electron chi connectivity index (χ4n) is 4.32. The molecule has 4 aromatic rings. The van der Waals surface area contributed by atoms with E-state index in [1.165, 1.54) is 25.0 Å². The molecule has 1 aliphatic heterocycles. The van der Waals surface area contributed by atoms with Gasteiger partial charge < -0.3 is 9.15 Å². The smallest absolute Gasteiger partial charge is 0.250 e. The first kappa shape index (κ1) is 19.5. The molecule has 9 heteroatoms. The third kappa shape index (κ3) is 3.46. The molecule has 6 rings (SSSR count). The summed E-state index contributed by atoms with van der Waals surface area (Å²) in [6.07, 6.45) is 7.58. The Labute approximate surface area is 182 Å². The van der Waals surface area contributed by atoms with Crippen molar-refractivity contribution in [1.82, 2.24) is 24.7 Å². The summed E-state index contributed by atoms with van der Waals surface area (Å²) < 4.78 is 41.8. The number of halogens is 2. The van der Waals surface area contributed by atoms with Crippen LogP contribution in [0.5, 0.6) is 0 Å². The minimum Gasteiger partial charge on any atom is -0.422 e. The number of oxazole rings is 1. The summed E-state index contributed by atoms with van der Waals surface area (Å²) in [5.41, 5.74) is 2.19. The van der Waals surface area contributed by atoms with Crippen LogP contribution >= 0.6 is 0 Å². The Morgan fingerprint density at radius 2 is 1.97 bits per heavy atom. The van der Waals surface area contributed by atoms with Gasteiger partial charge in [-0.25, -0.2) is 18.7 Å². The van der Waals surface area contributed by atoms with E-state index in [1.807, 2.05) is 10.9 Å². The van der Waals surface area contributed by atoms with Gasteiger partial charge in [-0.1, -0.05) is 0 Å². The molecule has 0 amide bonds. The van der Waals surface area contributed by atoms with Crippen LogP contribution in [0.4, 0.5) is 8.78 Å². The third-order valence-electron chi connectivity index (χ3n) is 6.13. The molecule has 1 saturated carbocycles. The van der Waals surface area contributed by atoms with Gasteiger partial charge in [-0.05, 0) is 37.8 Å². The molecule has 2 fully saturated rings. The van der Waals surface area contributed by atoms with E-state index in [0.29, 0.717) is 47.7 Å². The highest BCUT2D eigenvalue weighted by Gasteiger charge is 2.31. The van der Waals surface area contributed by atoms with Gasteiger partial charge in [0.05, 0.1) is 18.3 Å². The predicted octanol–water partition coefficient (Wildman–Crippen LogP) is 5.04. The van der Waals surface area contributed by atoms with Gasteiger partial charge >= 0.3 is 0 Å². The quantitative estimate of drug-likeness (QED) is 0.445. The molecule has 0 bridgehead atoms. The molecule has 7 nitrogen and oxygen atoms in total. The van der Waals surface area contributed by atoms with Crippen molar-refractivity contribution >= 4 is 11.2 Å². The van der Waals surface area contributed by atoms with Crippen molar-refractivity contribution in [3.8, 4) is 11.3 Å². The molecule has 1 aromatic carbocycles. The van der Waals surface area contributed by atoms with Gasteiger partial charge in [-0.2, -0.15) is 10.1 Å². The van der Waals surface area contributed by atoms with Gasteiger partial charge in [-0.3, -0.25) is 4.68 Å². The zero-order chi connectivity index (χ0) is 21.8. The minimum absolute atomic E-state index is 0.00455. The van der Waals surface area contributed by atoms with Crippen LogP contribution in [-0.2, 0) is 4.74 Å². The van der Waals surface area contributed by atoms with Gasteiger partial charge in [0.15, 0.2) is 11.4 Å². The second-order valence-electron chi connectivity index (χ2n) is 8.51. The van der Waals surface area contributed by atoms with E-state index in [0.717, 1.165) is 18.1 Å². The largest absolute Gasteiger partial charge is 0.422 e. The summed E-state index contributed by atoms with van der Waals surface area (Å²) in [5.74, 6) is -0.390. The maximum absolute atomic E-state index is 14.6. The van der Waals surface area contributed by atoms with Gasteiger partial charge in [0.1, 0.15) is 23.2 Å². The molecule has 4 heterocycles. The first-order valence-electron chi connectivity index (χ1n) is 10.8. The van der Waals surface area contributed by atoms with E-state index in [4.69, 9.17) is 14.1 Å². The number of benzene rings is 1. The number of aromatic nitrogens is 5. The Hall–Kier alpha value is -3.20. The normalized spacial score (nSPS) is 21.3. The number of rotatable bonds is 4. The fourth-order valence-corrected chi connectivity index (χ4v) is 4.32. The van der Waals surface area contributed by atoms with E-state index < -0.39 is 11.6 Å². The highest BCUT2D eigenvalue weighted by Crippen LogP contribution is 2.40. The van der Waals surface area contributed by atoms with Crippen LogP contribution in [0.1, 0.15) is 61.0 Å².